The number of benzene rings is 3. The minimum atomic E-state index is 0.481. The van der Waals surface area contributed by atoms with E-state index >= 15 is 0 Å². The Hall–Kier alpha value is -3.86. The predicted molar refractivity (Wildman–Crippen MR) is 109 cm³/mol. The zero-order valence-corrected chi connectivity index (χ0v) is 14.5. The molecule has 0 spiro atoms. The number of nitrogens with zero attached hydrogens (tertiary/aromatic N) is 4. The summed E-state index contributed by atoms with van der Waals surface area (Å²) >= 11 is 0. The zero-order valence-electron chi connectivity index (χ0n) is 14.5. The number of fused-ring (bicyclic) bond motifs is 1. The van der Waals surface area contributed by atoms with Crippen LogP contribution in [0.25, 0.3) is 10.9 Å². The van der Waals surface area contributed by atoms with Crippen molar-refractivity contribution in [1.82, 2.24) is 4.98 Å². The summed E-state index contributed by atoms with van der Waals surface area (Å²) in [5.74, 6) is 1.02. The molecule has 0 unspecified atom stereocenters. The molecule has 0 atom stereocenters. The molecule has 0 bridgehead atoms. The molecule has 27 heavy (non-hydrogen) atoms. The quantitative estimate of drug-likeness (QED) is 0.219. The molecule has 4 aromatic rings. The number of nitrogens with one attached hydrogen (secondary N) is 1. The van der Waals surface area contributed by atoms with Crippen molar-refractivity contribution in [3.05, 3.63) is 103 Å². The van der Waals surface area contributed by atoms with E-state index in [9.17, 15) is 0 Å². The van der Waals surface area contributed by atoms with Gasteiger partial charge in [-0.2, -0.15) is 5.10 Å². The van der Waals surface area contributed by atoms with E-state index in [0.29, 0.717) is 11.7 Å². The summed E-state index contributed by atoms with van der Waals surface area (Å²) in [7, 11) is 0. The molecule has 1 N–H and O–H groups in total. The molecular weight excluding hydrogens is 334 g/mol. The van der Waals surface area contributed by atoms with Gasteiger partial charge in [0.05, 0.1) is 11.2 Å². The summed E-state index contributed by atoms with van der Waals surface area (Å²) in [5.41, 5.74) is 5.65. The van der Waals surface area contributed by atoms with E-state index in [4.69, 9.17) is 0 Å². The molecule has 0 fully saturated rings. The minimum absolute atomic E-state index is 0.481. The molecule has 0 aliphatic rings. The molecular formula is C22H17N5. The van der Waals surface area contributed by atoms with Crippen molar-refractivity contribution >= 4 is 28.2 Å². The summed E-state index contributed by atoms with van der Waals surface area (Å²) in [6.07, 6.45) is 0. The van der Waals surface area contributed by atoms with Gasteiger partial charge < -0.3 is 0 Å². The topological polar surface area (TPSA) is 62.0 Å². The first-order valence-electron chi connectivity index (χ1n) is 8.60. The standard InChI is InChI=1S/C22H17N5/c1-3-10-18(11-4-1)22(26-24-19-12-5-2-6-13-19)27-25-21-16-15-17-9-7-8-14-20(17)23-21/h1-16,24H. The maximum absolute atomic E-state index is 4.52. The first kappa shape index (κ1) is 16.6. The number of amidine groups is 1. The Labute approximate surface area is 157 Å². The summed E-state index contributed by atoms with van der Waals surface area (Å²) in [4.78, 5) is 4.52. The van der Waals surface area contributed by atoms with E-state index < -0.39 is 0 Å². The number of hydrazone groups is 1. The fraction of sp³-hybridized carbons (Fsp3) is 0. The van der Waals surface area contributed by atoms with Gasteiger partial charge >= 0.3 is 0 Å². The number of azo groups is 1. The molecule has 1 aromatic heterocycles. The summed E-state index contributed by atoms with van der Waals surface area (Å²) in [6, 6.07) is 31.2. The van der Waals surface area contributed by atoms with Gasteiger partial charge in [0.1, 0.15) is 0 Å². The molecule has 4 rings (SSSR count). The van der Waals surface area contributed by atoms with Crippen molar-refractivity contribution in [2.24, 2.45) is 15.3 Å². The van der Waals surface area contributed by atoms with E-state index in [1.807, 2.05) is 97.1 Å². The molecule has 0 aliphatic heterocycles. The smallest absolute Gasteiger partial charge is 0.201 e. The fourth-order valence-electron chi connectivity index (χ4n) is 2.57. The van der Waals surface area contributed by atoms with Gasteiger partial charge in [-0.15, -0.1) is 10.2 Å². The van der Waals surface area contributed by atoms with Gasteiger partial charge in [-0.3, -0.25) is 5.43 Å². The SMILES string of the molecule is c1ccc(NN=C(N=Nc2ccc3ccccc3n2)c2ccccc2)cc1. The van der Waals surface area contributed by atoms with E-state index in [1.165, 1.54) is 0 Å². The van der Waals surface area contributed by atoms with Crippen LogP contribution in [0.4, 0.5) is 11.5 Å². The summed E-state index contributed by atoms with van der Waals surface area (Å²) < 4.78 is 0. The fourth-order valence-corrected chi connectivity index (χ4v) is 2.57. The number of anilines is 1. The van der Waals surface area contributed by atoms with Crippen LogP contribution in [0.5, 0.6) is 0 Å². The van der Waals surface area contributed by atoms with E-state index in [0.717, 1.165) is 22.2 Å². The Morgan fingerprint density at radius 1 is 0.704 bits per heavy atom. The van der Waals surface area contributed by atoms with Crippen LogP contribution in [0.1, 0.15) is 5.56 Å². The first-order valence-corrected chi connectivity index (χ1v) is 8.60. The molecule has 1 heterocycles. The van der Waals surface area contributed by atoms with Crippen LogP contribution in [-0.4, -0.2) is 10.8 Å². The average Bonchev–Trinajstić information content (AvgIpc) is 2.75. The third-order valence-corrected chi connectivity index (χ3v) is 3.93. The van der Waals surface area contributed by atoms with Crippen LogP contribution in [-0.2, 0) is 0 Å². The maximum Gasteiger partial charge on any atom is 0.201 e. The Bertz CT molecular complexity index is 1090. The Kier molecular flexibility index (Phi) is 4.93. The van der Waals surface area contributed by atoms with Crippen molar-refractivity contribution in [3.63, 3.8) is 0 Å². The summed E-state index contributed by atoms with van der Waals surface area (Å²) in [6.45, 7) is 0. The lowest BCUT2D eigenvalue weighted by atomic mass is 10.2. The van der Waals surface area contributed by atoms with E-state index in [1.54, 1.807) is 0 Å². The second kappa shape index (κ2) is 8.01. The van der Waals surface area contributed by atoms with Gasteiger partial charge in [0.15, 0.2) is 5.82 Å². The highest BCUT2D eigenvalue weighted by molar-refractivity contribution is 5.99. The van der Waals surface area contributed by atoms with Gasteiger partial charge in [0.25, 0.3) is 0 Å². The van der Waals surface area contributed by atoms with Gasteiger partial charge in [0.2, 0.25) is 5.84 Å². The molecule has 0 aliphatic carbocycles. The third-order valence-electron chi connectivity index (χ3n) is 3.93. The number of pyridine rings is 1. The lowest BCUT2D eigenvalue weighted by molar-refractivity contribution is 1.18. The van der Waals surface area contributed by atoms with Crippen LogP contribution in [0, 0.1) is 0 Å². The van der Waals surface area contributed by atoms with Gasteiger partial charge in [-0.1, -0.05) is 66.7 Å². The van der Waals surface area contributed by atoms with E-state index in [2.05, 4.69) is 25.7 Å². The van der Waals surface area contributed by atoms with Crippen molar-refractivity contribution in [2.75, 3.05) is 5.43 Å². The van der Waals surface area contributed by atoms with Crippen LogP contribution < -0.4 is 5.43 Å². The van der Waals surface area contributed by atoms with Crippen LogP contribution in [0.2, 0.25) is 0 Å². The molecule has 130 valence electrons. The lowest BCUT2D eigenvalue weighted by Crippen LogP contribution is -2.01. The molecule has 0 amide bonds. The average molecular weight is 351 g/mol. The second-order valence-electron chi connectivity index (χ2n) is 5.84. The molecule has 0 saturated heterocycles. The zero-order chi connectivity index (χ0) is 18.3. The van der Waals surface area contributed by atoms with Crippen LogP contribution in [0.3, 0.4) is 0 Å². The molecule has 0 radical (unpaired) electrons. The number of hydrogen-bond acceptors (Lipinski definition) is 4. The highest BCUT2D eigenvalue weighted by atomic mass is 15.3. The monoisotopic (exact) mass is 351 g/mol. The molecule has 5 nitrogen and oxygen atoms in total. The van der Waals surface area contributed by atoms with Crippen LogP contribution in [0.15, 0.2) is 112 Å². The van der Waals surface area contributed by atoms with Crippen molar-refractivity contribution in [2.45, 2.75) is 0 Å². The van der Waals surface area contributed by atoms with E-state index in [-0.39, 0.29) is 0 Å². The number of para-hydroxylation sites is 2. The molecule has 5 heteroatoms. The number of hydrogen-bond donors (Lipinski definition) is 1. The molecule has 0 saturated carbocycles. The lowest BCUT2D eigenvalue weighted by Gasteiger charge is -2.03. The van der Waals surface area contributed by atoms with Crippen LogP contribution >= 0.6 is 0 Å². The second-order valence-corrected chi connectivity index (χ2v) is 5.84. The highest BCUT2D eigenvalue weighted by Gasteiger charge is 2.03. The minimum Gasteiger partial charge on any atom is -0.276 e. The maximum atomic E-state index is 4.52. The number of aromatic nitrogens is 1. The summed E-state index contributed by atoms with van der Waals surface area (Å²) in [5, 5.41) is 14.1. The highest BCUT2D eigenvalue weighted by Crippen LogP contribution is 2.17. The normalized spacial score (nSPS) is 11.8. The Morgan fingerprint density at radius 3 is 2.22 bits per heavy atom. The van der Waals surface area contributed by atoms with Gasteiger partial charge in [-0.25, -0.2) is 4.98 Å². The molecule has 3 aromatic carbocycles. The Balaban J connectivity index is 1.64. The number of rotatable bonds is 4. The first-order chi connectivity index (χ1) is 13.4. The van der Waals surface area contributed by atoms with Crippen molar-refractivity contribution in [3.8, 4) is 0 Å². The van der Waals surface area contributed by atoms with Crippen molar-refractivity contribution in [1.29, 1.82) is 0 Å². The third kappa shape index (κ3) is 4.22. The van der Waals surface area contributed by atoms with Gasteiger partial charge in [0, 0.05) is 10.9 Å². The Morgan fingerprint density at radius 2 is 1.41 bits per heavy atom. The predicted octanol–water partition coefficient (Wildman–Crippen LogP) is 5.79. The van der Waals surface area contributed by atoms with Crippen molar-refractivity contribution < 1.29 is 0 Å². The largest absolute Gasteiger partial charge is 0.276 e. The van der Waals surface area contributed by atoms with Gasteiger partial charge in [-0.05, 0) is 30.3 Å².